The number of nitrogens with zero attached hydrogens (tertiary/aromatic N) is 1. The number of halogens is 1. The van der Waals surface area contributed by atoms with Gasteiger partial charge in [-0.05, 0) is 19.9 Å². The van der Waals surface area contributed by atoms with E-state index in [0.717, 1.165) is 0 Å². The van der Waals surface area contributed by atoms with Crippen molar-refractivity contribution < 1.29 is 17.9 Å². The van der Waals surface area contributed by atoms with E-state index in [2.05, 4.69) is 4.98 Å². The molecule has 0 saturated carbocycles. The quantitative estimate of drug-likeness (QED) is 0.752. The fourth-order valence-electron chi connectivity index (χ4n) is 1.10. The summed E-state index contributed by atoms with van der Waals surface area (Å²) in [5.74, 6) is 0.353. The summed E-state index contributed by atoms with van der Waals surface area (Å²) in [6.45, 7) is 4.33. The molecule has 5 nitrogen and oxygen atoms in total. The summed E-state index contributed by atoms with van der Waals surface area (Å²) in [4.78, 5) is 3.82. The maximum Gasteiger partial charge on any atom is 0.262 e. The lowest BCUT2D eigenvalue weighted by Crippen LogP contribution is -2.25. The Labute approximate surface area is 112 Å². The van der Waals surface area contributed by atoms with E-state index >= 15 is 0 Å². The van der Waals surface area contributed by atoms with Gasteiger partial charge in [0.2, 0.25) is 5.88 Å². The zero-order chi connectivity index (χ0) is 13.8. The molecule has 0 unspecified atom stereocenters. The van der Waals surface area contributed by atoms with Crippen molar-refractivity contribution in [1.82, 2.24) is 4.98 Å². The van der Waals surface area contributed by atoms with E-state index in [4.69, 9.17) is 20.2 Å². The topological polar surface area (TPSA) is 65.5 Å². The fourth-order valence-corrected chi connectivity index (χ4v) is 1.78. The van der Waals surface area contributed by atoms with E-state index in [1.807, 2.05) is 13.8 Å². The Balaban J connectivity index is 2.55. The van der Waals surface area contributed by atoms with Crippen LogP contribution in [0.3, 0.4) is 0 Å². The lowest BCUT2D eigenvalue weighted by molar-refractivity contribution is 0.00508. The molecule has 1 aromatic rings. The second-order valence-corrected chi connectivity index (χ2v) is 6.90. The summed E-state index contributed by atoms with van der Waals surface area (Å²) in [6.07, 6.45) is 1.86. The Morgan fingerprint density at radius 3 is 2.50 bits per heavy atom. The van der Waals surface area contributed by atoms with E-state index in [1.54, 1.807) is 7.11 Å². The van der Waals surface area contributed by atoms with Crippen LogP contribution in [0.5, 0.6) is 5.88 Å². The van der Waals surface area contributed by atoms with Crippen LogP contribution >= 0.6 is 10.7 Å². The highest BCUT2D eigenvalue weighted by atomic mass is 35.7. The predicted octanol–water partition coefficient (Wildman–Crippen LogP) is 2.20. The van der Waals surface area contributed by atoms with Gasteiger partial charge < -0.3 is 9.47 Å². The molecule has 1 rings (SSSR count). The van der Waals surface area contributed by atoms with Crippen molar-refractivity contribution in [2.45, 2.75) is 30.8 Å². The first-order chi connectivity index (χ1) is 8.24. The van der Waals surface area contributed by atoms with E-state index in [0.29, 0.717) is 18.9 Å². The van der Waals surface area contributed by atoms with Gasteiger partial charge in [-0.1, -0.05) is 0 Å². The fraction of sp³-hybridized carbons (Fsp3) is 0.545. The van der Waals surface area contributed by atoms with Crippen molar-refractivity contribution in [1.29, 1.82) is 0 Å². The minimum Gasteiger partial charge on any atom is -0.478 e. The normalized spacial score (nSPS) is 12.4. The molecule has 0 N–H and O–H groups in total. The molecule has 0 spiro atoms. The molecule has 0 bridgehead atoms. The molecule has 0 saturated heterocycles. The van der Waals surface area contributed by atoms with Gasteiger partial charge in [0.25, 0.3) is 9.05 Å². The Kier molecular flexibility index (Phi) is 4.95. The van der Waals surface area contributed by atoms with Gasteiger partial charge in [0.15, 0.2) is 0 Å². The zero-order valence-electron chi connectivity index (χ0n) is 10.5. The van der Waals surface area contributed by atoms with Crippen molar-refractivity contribution in [2.75, 3.05) is 13.7 Å². The van der Waals surface area contributed by atoms with Crippen molar-refractivity contribution in [3.05, 3.63) is 18.3 Å². The maximum atomic E-state index is 11.0. The van der Waals surface area contributed by atoms with E-state index in [1.165, 1.54) is 18.3 Å². The minimum atomic E-state index is -3.73. The maximum absolute atomic E-state index is 11.0. The predicted molar refractivity (Wildman–Crippen MR) is 68.5 cm³/mol. The molecular formula is C11H16ClNO4S. The van der Waals surface area contributed by atoms with E-state index in [-0.39, 0.29) is 10.5 Å². The monoisotopic (exact) mass is 293 g/mol. The molecular weight excluding hydrogens is 278 g/mol. The summed E-state index contributed by atoms with van der Waals surface area (Å²) in [6, 6.07) is 2.82. The molecule has 0 aliphatic rings. The summed E-state index contributed by atoms with van der Waals surface area (Å²) < 4.78 is 32.6. The third kappa shape index (κ3) is 4.80. The highest BCUT2D eigenvalue weighted by Gasteiger charge is 2.16. The van der Waals surface area contributed by atoms with E-state index < -0.39 is 9.05 Å². The van der Waals surface area contributed by atoms with Gasteiger partial charge in [-0.2, -0.15) is 0 Å². The van der Waals surface area contributed by atoms with Crippen LogP contribution in [0.15, 0.2) is 23.2 Å². The molecule has 0 amide bonds. The van der Waals surface area contributed by atoms with Gasteiger partial charge >= 0.3 is 0 Å². The van der Waals surface area contributed by atoms with Crippen LogP contribution in [0.25, 0.3) is 0 Å². The summed E-state index contributed by atoms with van der Waals surface area (Å²) >= 11 is 0. The molecule has 0 radical (unpaired) electrons. The highest BCUT2D eigenvalue weighted by molar-refractivity contribution is 8.13. The first-order valence-corrected chi connectivity index (χ1v) is 7.64. The molecule has 0 aliphatic heterocycles. The lowest BCUT2D eigenvalue weighted by atomic mass is 10.1. The van der Waals surface area contributed by atoms with Crippen LogP contribution in [0.1, 0.15) is 20.3 Å². The minimum absolute atomic E-state index is 0.0475. The van der Waals surface area contributed by atoms with Gasteiger partial charge in [-0.25, -0.2) is 13.4 Å². The molecule has 102 valence electrons. The zero-order valence-corrected chi connectivity index (χ0v) is 12.1. The smallest absolute Gasteiger partial charge is 0.262 e. The van der Waals surface area contributed by atoms with Crippen molar-refractivity contribution >= 4 is 19.7 Å². The Morgan fingerprint density at radius 2 is 2.06 bits per heavy atom. The SMILES string of the molecule is COC(C)(C)CCOc1ccc(S(=O)(=O)Cl)cn1. The molecule has 1 aromatic heterocycles. The Hall–Kier alpha value is -0.850. The lowest BCUT2D eigenvalue weighted by Gasteiger charge is -2.22. The summed E-state index contributed by atoms with van der Waals surface area (Å²) in [5.41, 5.74) is -0.264. The first kappa shape index (κ1) is 15.2. The number of aromatic nitrogens is 1. The number of hydrogen-bond acceptors (Lipinski definition) is 5. The van der Waals surface area contributed by atoms with Crippen molar-refractivity contribution in [3.63, 3.8) is 0 Å². The summed E-state index contributed by atoms with van der Waals surface area (Å²) in [7, 11) is 3.07. The van der Waals surface area contributed by atoms with Crippen LogP contribution in [0, 0.1) is 0 Å². The molecule has 1 heterocycles. The number of rotatable bonds is 6. The van der Waals surface area contributed by atoms with Gasteiger partial charge in [0, 0.05) is 30.3 Å². The summed E-state index contributed by atoms with van der Waals surface area (Å²) in [5, 5.41) is 0. The number of ether oxygens (including phenoxy) is 2. The molecule has 18 heavy (non-hydrogen) atoms. The Bertz CT molecular complexity index is 484. The van der Waals surface area contributed by atoms with Crippen LogP contribution in [0.2, 0.25) is 0 Å². The average molecular weight is 294 g/mol. The molecule has 0 atom stereocenters. The van der Waals surface area contributed by atoms with Crippen LogP contribution in [0.4, 0.5) is 0 Å². The van der Waals surface area contributed by atoms with Crippen LogP contribution in [-0.4, -0.2) is 32.7 Å². The van der Waals surface area contributed by atoms with E-state index in [9.17, 15) is 8.42 Å². The number of hydrogen-bond donors (Lipinski definition) is 0. The van der Waals surface area contributed by atoms with Crippen LogP contribution in [-0.2, 0) is 13.8 Å². The van der Waals surface area contributed by atoms with Gasteiger partial charge in [-0.15, -0.1) is 0 Å². The second-order valence-electron chi connectivity index (χ2n) is 4.33. The largest absolute Gasteiger partial charge is 0.478 e. The molecule has 7 heteroatoms. The number of methoxy groups -OCH3 is 1. The van der Waals surface area contributed by atoms with Crippen molar-refractivity contribution in [2.24, 2.45) is 0 Å². The van der Waals surface area contributed by atoms with Gasteiger partial charge in [0.05, 0.1) is 18.4 Å². The average Bonchev–Trinajstić information content (AvgIpc) is 2.28. The number of pyridine rings is 1. The third-order valence-electron chi connectivity index (χ3n) is 2.50. The first-order valence-electron chi connectivity index (χ1n) is 5.33. The van der Waals surface area contributed by atoms with Crippen LogP contribution < -0.4 is 4.74 Å². The Morgan fingerprint density at radius 1 is 1.39 bits per heavy atom. The van der Waals surface area contributed by atoms with Gasteiger partial charge in [0.1, 0.15) is 4.90 Å². The molecule has 0 fully saturated rings. The van der Waals surface area contributed by atoms with Gasteiger partial charge in [-0.3, -0.25) is 0 Å². The molecule has 0 aliphatic carbocycles. The second kappa shape index (κ2) is 5.86. The third-order valence-corrected chi connectivity index (χ3v) is 3.84. The molecule has 0 aromatic carbocycles. The highest BCUT2D eigenvalue weighted by Crippen LogP contribution is 2.17. The van der Waals surface area contributed by atoms with Crippen molar-refractivity contribution in [3.8, 4) is 5.88 Å². The standard InChI is InChI=1S/C11H16ClNO4S/c1-11(2,16-3)6-7-17-10-5-4-9(8-13-10)18(12,14)15/h4-5,8H,6-7H2,1-3H3.